The Kier molecular flexibility index (Phi) is 13.5. The summed E-state index contributed by atoms with van der Waals surface area (Å²) in [5.41, 5.74) is 13.6. The Bertz CT molecular complexity index is 1580. The van der Waals surface area contributed by atoms with E-state index >= 15 is 0 Å². The molecular weight excluding hydrogens is 647 g/mol. The number of rotatable bonds is 2. The molecule has 0 saturated carbocycles. The van der Waals surface area contributed by atoms with E-state index in [2.05, 4.69) is 152 Å². The molecule has 0 spiro atoms. The van der Waals surface area contributed by atoms with Crippen molar-refractivity contribution in [3.63, 3.8) is 0 Å². The zero-order valence-electron chi connectivity index (χ0n) is 26.0. The maximum atomic E-state index is 4.93. The van der Waals surface area contributed by atoms with Gasteiger partial charge in [0.25, 0.3) is 0 Å². The van der Waals surface area contributed by atoms with E-state index in [0.717, 1.165) is 9.52 Å². The quantitative estimate of drug-likeness (QED) is 0.126. The molecule has 2 radical (unpaired) electrons. The fourth-order valence-electron chi connectivity index (χ4n) is 5.46. The molecule has 0 aliphatic rings. The van der Waals surface area contributed by atoms with E-state index in [0.29, 0.717) is 0 Å². The molecule has 42 heavy (non-hydrogen) atoms. The molecule has 0 aliphatic heterocycles. The summed E-state index contributed by atoms with van der Waals surface area (Å²) in [4.78, 5) is 0. The Morgan fingerprint density at radius 2 is 0.857 bits per heavy atom. The summed E-state index contributed by atoms with van der Waals surface area (Å²) in [7, 11) is 11.0. The second-order valence-electron chi connectivity index (χ2n) is 10.8. The van der Waals surface area contributed by atoms with Crippen molar-refractivity contribution < 1.29 is 20.8 Å². The Labute approximate surface area is 274 Å². The maximum absolute atomic E-state index is 4.93. The van der Waals surface area contributed by atoms with Crippen LogP contribution in [0.2, 0.25) is 13.1 Å². The molecule has 214 valence electrons. The Balaban J connectivity index is 0.000000195. The molecule has 0 amide bonds. The van der Waals surface area contributed by atoms with E-state index in [1.54, 1.807) is 0 Å². The molecule has 0 unspecified atom stereocenters. The van der Waals surface area contributed by atoms with Crippen LogP contribution in [-0.4, -0.2) is 9.52 Å². The molecule has 6 aromatic carbocycles. The van der Waals surface area contributed by atoms with Crippen LogP contribution in [0, 0.1) is 41.5 Å². The number of fused-ring (bicyclic) bond motifs is 2. The molecule has 0 nitrogen and oxygen atoms in total. The topological polar surface area (TPSA) is 0 Å². The van der Waals surface area contributed by atoms with E-state index in [4.69, 9.17) is 17.0 Å². The molecule has 6 rings (SSSR count). The first kappa shape index (κ1) is 34.3. The summed E-state index contributed by atoms with van der Waals surface area (Å²) in [6.07, 6.45) is 0. The number of halogens is 2. The second kappa shape index (κ2) is 16.6. The monoisotopic (exact) mass is 684 g/mol. The second-order valence-corrected chi connectivity index (χ2v) is 15.5. The number of benzene rings is 4. The summed E-state index contributed by atoms with van der Waals surface area (Å²) in [5.74, 6) is 0. The van der Waals surface area contributed by atoms with Crippen LogP contribution in [-0.2, 0) is 20.8 Å². The van der Waals surface area contributed by atoms with Crippen molar-refractivity contribution in [3.8, 4) is 22.3 Å². The molecule has 4 heteroatoms. The van der Waals surface area contributed by atoms with Gasteiger partial charge in [0.1, 0.15) is 0 Å². The molecule has 0 N–H and O–H groups in total. The third kappa shape index (κ3) is 8.45. The normalized spacial score (nSPS) is 10.1. The number of hydrogen-bond donors (Lipinski definition) is 0. The van der Waals surface area contributed by atoms with Crippen molar-refractivity contribution in [3.05, 3.63) is 130 Å². The van der Waals surface area contributed by atoms with Gasteiger partial charge < -0.3 is 0 Å². The van der Waals surface area contributed by atoms with Crippen molar-refractivity contribution in [1.82, 2.24) is 0 Å². The Morgan fingerprint density at radius 3 is 1.17 bits per heavy atom. The van der Waals surface area contributed by atoms with Gasteiger partial charge in [-0.2, -0.15) is 12.1 Å². The molecule has 0 atom stereocenters. The molecular formula is C38H40Cl2SiZr. The van der Waals surface area contributed by atoms with Crippen LogP contribution in [0.5, 0.6) is 0 Å². The summed E-state index contributed by atoms with van der Waals surface area (Å²) >= 11 is -0.826. The van der Waals surface area contributed by atoms with Crippen LogP contribution in [0.15, 0.2) is 97.1 Å². The summed E-state index contributed by atoms with van der Waals surface area (Å²) < 4.78 is 0. The van der Waals surface area contributed by atoms with Crippen LogP contribution < -0.4 is 0 Å². The van der Waals surface area contributed by atoms with Crippen molar-refractivity contribution >= 4 is 48.1 Å². The van der Waals surface area contributed by atoms with Gasteiger partial charge in [-0.05, 0) is 38.8 Å². The zero-order valence-corrected chi connectivity index (χ0v) is 31.0. The standard InChI is InChI=1S/2C18H17.C2H6Si.2ClH.Zr/c2*1-12-9-16-11-13(2)14(3)18(17(16)10-12)15-7-5-4-6-8-15;1-3-2;;;/h2*4-11H,1-3H3;1-2H3;2*1H;/q2*-1;;;;+4/p-2. The van der Waals surface area contributed by atoms with Gasteiger partial charge in [0, 0.05) is 9.52 Å². The van der Waals surface area contributed by atoms with Crippen LogP contribution in [0.1, 0.15) is 33.4 Å². The molecule has 0 aromatic heterocycles. The predicted molar refractivity (Wildman–Crippen MR) is 188 cm³/mol. The number of hydrogen-bond acceptors (Lipinski definition) is 0. The fourth-order valence-corrected chi connectivity index (χ4v) is 5.46. The van der Waals surface area contributed by atoms with Crippen molar-refractivity contribution in [1.29, 1.82) is 0 Å². The van der Waals surface area contributed by atoms with Gasteiger partial charge >= 0.3 is 37.9 Å². The van der Waals surface area contributed by atoms with E-state index < -0.39 is 20.8 Å². The van der Waals surface area contributed by atoms with Gasteiger partial charge in [-0.15, -0.1) is 56.9 Å². The van der Waals surface area contributed by atoms with Gasteiger partial charge in [0.2, 0.25) is 0 Å². The van der Waals surface area contributed by atoms with Gasteiger partial charge in [0.15, 0.2) is 0 Å². The number of aryl methyl sites for hydroxylation is 4. The molecule has 6 aromatic rings. The Hall–Kier alpha value is -2.22. The van der Waals surface area contributed by atoms with E-state index in [9.17, 15) is 0 Å². The molecule has 0 heterocycles. The average Bonchev–Trinajstić information content (AvgIpc) is 3.52. The first-order valence-corrected chi connectivity index (χ1v) is 22.5. The Morgan fingerprint density at radius 1 is 0.548 bits per heavy atom. The zero-order chi connectivity index (χ0) is 30.8. The van der Waals surface area contributed by atoms with Gasteiger partial charge in [-0.1, -0.05) is 121 Å². The third-order valence-electron chi connectivity index (χ3n) is 7.47. The predicted octanol–water partition coefficient (Wildman–Crippen LogP) is 12.5. The van der Waals surface area contributed by atoms with Gasteiger partial charge in [0.05, 0.1) is 0 Å². The third-order valence-corrected chi connectivity index (χ3v) is 7.47. The van der Waals surface area contributed by atoms with Crippen LogP contribution in [0.4, 0.5) is 0 Å². The van der Waals surface area contributed by atoms with Gasteiger partial charge in [-0.3, -0.25) is 0 Å². The molecule has 0 saturated heterocycles. The van der Waals surface area contributed by atoms with Gasteiger partial charge in [-0.25, -0.2) is 0 Å². The minimum absolute atomic E-state index is 0.826. The van der Waals surface area contributed by atoms with Crippen LogP contribution >= 0.6 is 17.0 Å². The van der Waals surface area contributed by atoms with E-state index in [1.165, 1.54) is 77.2 Å². The van der Waals surface area contributed by atoms with Crippen molar-refractivity contribution in [2.75, 3.05) is 0 Å². The SMILES string of the molecule is C[Si]C.Cc1cc2c(-c3ccccc3)c(C)c(C)cc2[cH-]1.Cc1cc2c(-c3ccccc3)c(C)c(C)cc2[cH-]1.[Cl][Zr+2][Cl]. The van der Waals surface area contributed by atoms with E-state index in [-0.39, 0.29) is 0 Å². The van der Waals surface area contributed by atoms with Crippen LogP contribution in [0.3, 0.4) is 0 Å². The van der Waals surface area contributed by atoms with Crippen molar-refractivity contribution in [2.45, 2.75) is 54.6 Å². The molecule has 0 aliphatic carbocycles. The summed E-state index contributed by atoms with van der Waals surface area (Å²) in [6, 6.07) is 35.1. The van der Waals surface area contributed by atoms with Crippen LogP contribution in [0.25, 0.3) is 43.8 Å². The first-order chi connectivity index (χ1) is 20.2. The average molecular weight is 687 g/mol. The molecule has 0 bridgehead atoms. The summed E-state index contributed by atoms with van der Waals surface area (Å²) in [6.45, 7) is 17.5. The van der Waals surface area contributed by atoms with E-state index in [1.807, 2.05) is 0 Å². The fraction of sp³-hybridized carbons (Fsp3) is 0.211. The first-order valence-electron chi connectivity index (χ1n) is 14.2. The van der Waals surface area contributed by atoms with Crippen molar-refractivity contribution in [2.24, 2.45) is 0 Å². The minimum atomic E-state index is -0.826. The summed E-state index contributed by atoms with van der Waals surface area (Å²) in [5, 5.41) is 5.47. The molecule has 0 fully saturated rings.